The number of benzene rings is 2. The topological polar surface area (TPSA) is 117 Å². The summed E-state index contributed by atoms with van der Waals surface area (Å²) in [6.07, 6.45) is 9.58. The maximum absolute atomic E-state index is 14.6. The first kappa shape index (κ1) is 36.1. The van der Waals surface area contributed by atoms with Crippen molar-refractivity contribution >= 4 is 23.4 Å². The van der Waals surface area contributed by atoms with Crippen molar-refractivity contribution in [1.29, 1.82) is 0 Å². The first-order valence-corrected chi connectivity index (χ1v) is 18.6. The summed E-state index contributed by atoms with van der Waals surface area (Å²) in [6, 6.07) is 17.0. The van der Waals surface area contributed by atoms with Crippen LogP contribution in [0.25, 0.3) is 5.70 Å². The zero-order valence-electron chi connectivity index (χ0n) is 30.1. The van der Waals surface area contributed by atoms with Crippen molar-refractivity contribution in [2.75, 3.05) is 26.3 Å². The number of carbonyl (C=O) groups is 3. The highest BCUT2D eigenvalue weighted by Gasteiger charge is 2.35. The number of nitrogens with one attached hydrogen (secondary N) is 1. The second kappa shape index (κ2) is 16.5. The number of fused-ring (bicyclic) bond motifs is 2. The second-order valence-corrected chi connectivity index (χ2v) is 14.0. The van der Waals surface area contributed by atoms with E-state index < -0.39 is 12.1 Å². The molecule has 10 nitrogen and oxygen atoms in total. The number of amides is 3. The lowest BCUT2D eigenvalue weighted by Gasteiger charge is -2.37. The predicted octanol–water partition coefficient (Wildman–Crippen LogP) is 5.79. The Morgan fingerprint density at radius 3 is 2.49 bits per heavy atom. The lowest BCUT2D eigenvalue weighted by molar-refractivity contribution is -0.131. The van der Waals surface area contributed by atoms with Crippen LogP contribution in [0.3, 0.4) is 0 Å². The fourth-order valence-corrected chi connectivity index (χ4v) is 7.38. The molecule has 51 heavy (non-hydrogen) atoms. The Kier molecular flexibility index (Phi) is 11.7. The minimum atomic E-state index is -0.410. The van der Waals surface area contributed by atoms with Crippen LogP contribution in [0, 0.1) is 6.92 Å². The van der Waals surface area contributed by atoms with Crippen molar-refractivity contribution in [1.82, 2.24) is 24.9 Å². The van der Waals surface area contributed by atoms with Gasteiger partial charge in [0.05, 0.1) is 36.6 Å². The van der Waals surface area contributed by atoms with Crippen LogP contribution in [0.5, 0.6) is 5.75 Å². The van der Waals surface area contributed by atoms with Crippen LogP contribution < -0.4 is 10.1 Å². The van der Waals surface area contributed by atoms with Crippen molar-refractivity contribution < 1.29 is 24.2 Å². The van der Waals surface area contributed by atoms with Crippen molar-refractivity contribution in [2.45, 2.75) is 96.7 Å². The zero-order valence-corrected chi connectivity index (χ0v) is 30.1. The minimum Gasteiger partial charge on any atom is -0.493 e. The van der Waals surface area contributed by atoms with Gasteiger partial charge in [0.15, 0.2) is 5.69 Å². The van der Waals surface area contributed by atoms with Gasteiger partial charge in [0, 0.05) is 43.2 Å². The summed E-state index contributed by atoms with van der Waals surface area (Å²) in [6.45, 7) is 8.22. The Bertz CT molecular complexity index is 1790. The molecule has 0 saturated carbocycles. The van der Waals surface area contributed by atoms with Gasteiger partial charge in [0.1, 0.15) is 5.75 Å². The molecule has 0 saturated heterocycles. The van der Waals surface area contributed by atoms with E-state index in [2.05, 4.69) is 25.2 Å². The molecule has 270 valence electrons. The van der Waals surface area contributed by atoms with E-state index in [9.17, 15) is 19.5 Å². The Balaban J connectivity index is 1.25. The summed E-state index contributed by atoms with van der Waals surface area (Å²) in [5, 5.41) is 18.4. The summed E-state index contributed by atoms with van der Waals surface area (Å²) >= 11 is 0. The van der Waals surface area contributed by atoms with Gasteiger partial charge in [-0.25, -0.2) is 4.68 Å². The molecular formula is C41H51N5O5. The minimum absolute atomic E-state index is 0.0909. The molecule has 2 aromatic carbocycles. The number of aliphatic hydroxyl groups is 1. The highest BCUT2D eigenvalue weighted by molar-refractivity contribution is 6.06. The van der Waals surface area contributed by atoms with E-state index in [1.165, 1.54) is 0 Å². The van der Waals surface area contributed by atoms with Crippen LogP contribution in [0.15, 0.2) is 72.3 Å². The Labute approximate surface area is 301 Å². The first-order valence-electron chi connectivity index (χ1n) is 18.6. The molecule has 0 spiro atoms. The fraction of sp³-hybridized carbons (Fsp3) is 0.463. The lowest BCUT2D eigenvalue weighted by Crippen LogP contribution is -2.47. The molecule has 0 fully saturated rings. The van der Waals surface area contributed by atoms with Gasteiger partial charge in [-0.2, -0.15) is 5.10 Å². The standard InChI is InChI=1S/C41H51N5O5/c1-4-6-20-44(21-7-5-2)41(50)36-22-28(3)46(43-36)37-18-17-32(42-39(48)19-16-31-27-51-38-15-11-10-14-34(31)38)24-35(37)40(49)45-25-30-13-9-8-12-29(30)23-33(45)26-47/h8-15,18,22,24,31-33,47H,4-7,16-17,19-21,23,25-27H2,1-3H3,(H,42,48)/t31?,32?,33-/m0/s1. The van der Waals surface area contributed by atoms with Crippen molar-refractivity contribution in [3.05, 3.63) is 100 Å². The van der Waals surface area contributed by atoms with Gasteiger partial charge in [0.2, 0.25) is 5.91 Å². The third-order valence-corrected chi connectivity index (χ3v) is 10.3. The van der Waals surface area contributed by atoms with E-state index >= 15 is 0 Å². The Morgan fingerprint density at radius 1 is 1.02 bits per heavy atom. The van der Waals surface area contributed by atoms with Crippen LogP contribution in [0.2, 0.25) is 0 Å². The monoisotopic (exact) mass is 693 g/mol. The molecule has 3 heterocycles. The van der Waals surface area contributed by atoms with Crippen molar-refractivity contribution in [3.8, 4) is 5.75 Å². The van der Waals surface area contributed by atoms with E-state index in [1.54, 1.807) is 15.6 Å². The number of aromatic nitrogens is 2. The average Bonchev–Trinajstić information content (AvgIpc) is 3.76. The number of aryl methyl sites for hydroxylation is 1. The van der Waals surface area contributed by atoms with Crippen LogP contribution in [-0.4, -0.2) is 80.8 Å². The Morgan fingerprint density at radius 2 is 1.75 bits per heavy atom. The molecular weight excluding hydrogens is 642 g/mol. The third kappa shape index (κ3) is 8.12. The van der Waals surface area contributed by atoms with Crippen molar-refractivity contribution in [2.24, 2.45) is 0 Å². The summed E-state index contributed by atoms with van der Waals surface area (Å²) in [5.41, 5.74) is 5.35. The first-order chi connectivity index (χ1) is 24.8. The highest BCUT2D eigenvalue weighted by Crippen LogP contribution is 2.36. The number of hydrogen-bond acceptors (Lipinski definition) is 6. The second-order valence-electron chi connectivity index (χ2n) is 14.0. The van der Waals surface area contributed by atoms with Gasteiger partial charge in [0.25, 0.3) is 11.8 Å². The van der Waals surface area contributed by atoms with E-state index in [4.69, 9.17) is 9.84 Å². The largest absolute Gasteiger partial charge is 0.493 e. The maximum Gasteiger partial charge on any atom is 0.274 e. The summed E-state index contributed by atoms with van der Waals surface area (Å²) in [4.78, 5) is 45.3. The number of rotatable bonds is 14. The smallest absolute Gasteiger partial charge is 0.274 e. The molecule has 2 aliphatic heterocycles. The highest BCUT2D eigenvalue weighted by atomic mass is 16.5. The number of hydrogen-bond donors (Lipinski definition) is 2. The van der Waals surface area contributed by atoms with Gasteiger partial charge < -0.3 is 25.0 Å². The number of ether oxygens (including phenoxy) is 1. The van der Waals surface area contributed by atoms with Gasteiger partial charge in [-0.15, -0.1) is 0 Å². The number of aliphatic hydroxyl groups excluding tert-OH is 1. The molecule has 3 amide bonds. The molecule has 3 atom stereocenters. The Hall–Kier alpha value is -4.70. The van der Waals surface area contributed by atoms with E-state index in [0.29, 0.717) is 68.9 Å². The number of para-hydroxylation sites is 1. The van der Waals surface area contributed by atoms with Gasteiger partial charge in [-0.3, -0.25) is 14.4 Å². The van der Waals surface area contributed by atoms with E-state index in [1.807, 2.05) is 66.4 Å². The van der Waals surface area contributed by atoms with Crippen LogP contribution in [-0.2, 0) is 22.6 Å². The molecule has 6 rings (SSSR count). The quantitative estimate of drug-likeness (QED) is 0.221. The molecule has 2 N–H and O–H groups in total. The van der Waals surface area contributed by atoms with Crippen LogP contribution in [0.4, 0.5) is 0 Å². The normalized spacial score (nSPS) is 19.4. The van der Waals surface area contributed by atoms with Crippen LogP contribution >= 0.6 is 0 Å². The molecule has 1 aromatic heterocycles. The lowest BCUT2D eigenvalue weighted by atomic mass is 9.91. The van der Waals surface area contributed by atoms with E-state index in [-0.39, 0.29) is 30.2 Å². The van der Waals surface area contributed by atoms with E-state index in [0.717, 1.165) is 53.8 Å². The van der Waals surface area contributed by atoms with Gasteiger partial charge in [-0.1, -0.05) is 75.2 Å². The molecule has 10 heteroatoms. The summed E-state index contributed by atoms with van der Waals surface area (Å²) in [5.74, 6) is 0.597. The average molecular weight is 694 g/mol. The fourth-order valence-electron chi connectivity index (χ4n) is 7.38. The maximum atomic E-state index is 14.6. The van der Waals surface area contributed by atoms with Gasteiger partial charge >= 0.3 is 0 Å². The molecule has 1 aliphatic carbocycles. The number of unbranched alkanes of at least 4 members (excludes halogenated alkanes) is 2. The SMILES string of the molecule is CCCCN(CCCC)C(=O)c1cc(C)n(C2=CCC(NC(=O)CCC3COc4ccccc43)C=C2C(=O)N2Cc3ccccc3C[C@H]2CO)n1. The van der Waals surface area contributed by atoms with Crippen molar-refractivity contribution in [3.63, 3.8) is 0 Å². The predicted molar refractivity (Wildman–Crippen MR) is 197 cm³/mol. The number of nitrogens with zero attached hydrogens (tertiary/aromatic N) is 4. The third-order valence-electron chi connectivity index (χ3n) is 10.3. The number of carbonyl (C=O) groups excluding carboxylic acids is 3. The molecule has 0 bridgehead atoms. The van der Waals surface area contributed by atoms with Gasteiger partial charge in [-0.05, 0) is 68.4 Å². The zero-order chi connectivity index (χ0) is 35.9. The van der Waals surface area contributed by atoms with Crippen LogP contribution in [0.1, 0.15) is 97.6 Å². The summed E-state index contributed by atoms with van der Waals surface area (Å²) in [7, 11) is 0. The molecule has 3 aliphatic rings. The molecule has 0 radical (unpaired) electrons. The summed E-state index contributed by atoms with van der Waals surface area (Å²) < 4.78 is 7.51. The molecule has 3 aromatic rings. The molecule has 2 unspecified atom stereocenters.